The lowest BCUT2D eigenvalue weighted by molar-refractivity contribution is 2.13. The van der Waals surface area contributed by atoms with Crippen LogP contribution in [-0.4, -0.2) is 5.31 Å². The van der Waals surface area contributed by atoms with Gasteiger partial charge in [0.25, 0.3) is 0 Å². The lowest BCUT2D eigenvalue weighted by Gasteiger charge is -1.85. The maximum Gasteiger partial charge on any atom is 0.440 e. The van der Waals surface area contributed by atoms with Crippen molar-refractivity contribution >= 4 is 49.6 Å². The first kappa shape index (κ1) is 10.3. The standard InChI is InChI=1S/Cl4Si.N/c1-5(2,3)4;. The van der Waals surface area contributed by atoms with Gasteiger partial charge >= 0.3 is 5.31 Å². The molecular formula is Cl4NSi. The van der Waals surface area contributed by atoms with Crippen molar-refractivity contribution in [2.75, 3.05) is 0 Å². The zero-order valence-corrected chi connectivity index (χ0v) is 6.48. The van der Waals surface area contributed by atoms with Crippen LogP contribution in [0.25, 0.3) is 0 Å². The first-order chi connectivity index (χ1) is 2.00. The van der Waals surface area contributed by atoms with E-state index in [1.165, 1.54) is 0 Å². The average Bonchev–Trinajstić information content (AvgIpc) is 0.722. The molecule has 6 heteroatoms. The highest BCUT2D eigenvalue weighted by atomic mass is 36.0. The van der Waals surface area contributed by atoms with Gasteiger partial charge < -0.3 is 0 Å². The van der Waals surface area contributed by atoms with Crippen molar-refractivity contribution in [1.29, 1.82) is 0 Å². The molecule has 0 bridgehead atoms. The smallest absolute Gasteiger partial charge is 0.110 e. The van der Waals surface area contributed by atoms with Crippen molar-refractivity contribution in [2.45, 2.75) is 0 Å². The lowest BCUT2D eigenvalue weighted by atomic mass is 14.0. The summed E-state index contributed by atoms with van der Waals surface area (Å²) >= 11 is 19.9. The van der Waals surface area contributed by atoms with Crippen LogP contribution >= 0.6 is 44.3 Å². The van der Waals surface area contributed by atoms with Crippen LogP contribution in [0.5, 0.6) is 0 Å². The largest absolute Gasteiger partial charge is 0.440 e. The minimum absolute atomic E-state index is 0. The van der Waals surface area contributed by atoms with Crippen molar-refractivity contribution in [3.05, 3.63) is 0 Å². The summed E-state index contributed by atoms with van der Waals surface area (Å²) in [5, 5.41) is -2.72. The Hall–Kier alpha value is 1.34. The molecule has 1 nitrogen and oxygen atoms in total. The lowest BCUT2D eigenvalue weighted by Crippen LogP contribution is -1.91. The molecule has 0 aromatic carbocycles. The van der Waals surface area contributed by atoms with E-state index in [1.54, 1.807) is 0 Å². The Morgan fingerprint density at radius 2 is 0.833 bits per heavy atom. The molecule has 6 heavy (non-hydrogen) atoms. The summed E-state index contributed by atoms with van der Waals surface area (Å²) < 4.78 is 0. The molecule has 0 saturated carbocycles. The summed E-state index contributed by atoms with van der Waals surface area (Å²) in [6.07, 6.45) is 0. The number of rotatable bonds is 0. The molecule has 0 heterocycles. The molecule has 0 amide bonds. The van der Waals surface area contributed by atoms with Gasteiger partial charge in [0.2, 0.25) is 0 Å². The van der Waals surface area contributed by atoms with E-state index >= 15 is 0 Å². The van der Waals surface area contributed by atoms with Gasteiger partial charge in [-0.05, 0) is 0 Å². The molecule has 0 aromatic heterocycles. The normalized spacial score (nSPS) is 10.0. The summed E-state index contributed by atoms with van der Waals surface area (Å²) in [4.78, 5) is 0. The Morgan fingerprint density at radius 1 is 0.833 bits per heavy atom. The van der Waals surface area contributed by atoms with E-state index < -0.39 is 5.31 Å². The van der Waals surface area contributed by atoms with Crippen molar-refractivity contribution in [3.8, 4) is 0 Å². The first-order valence-electron chi connectivity index (χ1n) is 0.756. The van der Waals surface area contributed by atoms with Crippen molar-refractivity contribution in [3.63, 3.8) is 0 Å². The van der Waals surface area contributed by atoms with E-state index in [1.807, 2.05) is 0 Å². The van der Waals surface area contributed by atoms with Crippen LogP contribution in [0.2, 0.25) is 0 Å². The summed E-state index contributed by atoms with van der Waals surface area (Å²) in [5.41, 5.74) is 0. The first-order valence-corrected chi connectivity index (χ1v) is 6.80. The molecule has 0 aliphatic rings. The highest BCUT2D eigenvalue weighted by molar-refractivity contribution is 7.81. The Labute approximate surface area is 55.9 Å². The van der Waals surface area contributed by atoms with Crippen LogP contribution in [0.1, 0.15) is 0 Å². The van der Waals surface area contributed by atoms with Gasteiger partial charge in [0.05, 0.1) is 0 Å². The predicted octanol–water partition coefficient (Wildman–Crippen LogP) is 1.90. The van der Waals surface area contributed by atoms with Crippen LogP contribution in [0, 0.1) is 0 Å². The van der Waals surface area contributed by atoms with Crippen LogP contribution < -0.4 is 6.15 Å². The van der Waals surface area contributed by atoms with E-state index in [0.717, 1.165) is 0 Å². The number of hydrogen-bond acceptors (Lipinski definition) is 0. The number of halogens is 4. The third kappa shape index (κ3) is 56.2. The van der Waals surface area contributed by atoms with Gasteiger partial charge in [0, 0.05) is 6.15 Å². The van der Waals surface area contributed by atoms with Crippen LogP contribution in [0.15, 0.2) is 0 Å². The topological polar surface area (TPSA) is 30.5 Å². The van der Waals surface area contributed by atoms with E-state index in [-0.39, 0.29) is 6.15 Å². The van der Waals surface area contributed by atoms with Crippen molar-refractivity contribution < 1.29 is 0 Å². The molecular weight excluding hydrogens is 184 g/mol. The molecule has 0 atom stereocenters. The van der Waals surface area contributed by atoms with Gasteiger partial charge in [-0.3, -0.25) is 0 Å². The SMILES string of the molecule is Cl[Si](Cl)(Cl)Cl.[N]. The molecule has 0 rings (SSSR count). The van der Waals surface area contributed by atoms with E-state index in [2.05, 4.69) is 0 Å². The highest BCUT2D eigenvalue weighted by Crippen LogP contribution is 2.23. The highest BCUT2D eigenvalue weighted by Gasteiger charge is 2.19. The molecule has 37 valence electrons. The third-order valence-corrected chi connectivity index (χ3v) is 0. The minimum Gasteiger partial charge on any atom is -0.110 e. The fourth-order valence-corrected chi connectivity index (χ4v) is 0. The Bertz CT molecular complexity index is 23.0. The van der Waals surface area contributed by atoms with Crippen molar-refractivity contribution in [2.24, 2.45) is 0 Å². The summed E-state index contributed by atoms with van der Waals surface area (Å²) in [7, 11) is 0. The van der Waals surface area contributed by atoms with E-state index in [0.29, 0.717) is 0 Å². The summed E-state index contributed by atoms with van der Waals surface area (Å²) in [5.74, 6) is 0. The Balaban J connectivity index is 0. The van der Waals surface area contributed by atoms with Crippen LogP contribution in [-0.2, 0) is 0 Å². The van der Waals surface area contributed by atoms with Crippen molar-refractivity contribution in [1.82, 2.24) is 6.15 Å². The average molecular weight is 184 g/mol. The fraction of sp³-hybridized carbons (Fsp3) is 0. The van der Waals surface area contributed by atoms with Crippen LogP contribution in [0.4, 0.5) is 0 Å². The maximum absolute atomic E-state index is 4.97. The minimum atomic E-state index is -2.72. The number of hydrogen-bond donors (Lipinski definition) is 0. The third-order valence-electron chi connectivity index (χ3n) is 0. The fourth-order valence-electron chi connectivity index (χ4n) is 0. The zero-order valence-electron chi connectivity index (χ0n) is 2.46. The second-order valence-corrected chi connectivity index (χ2v) is 11.6. The Kier molecular flexibility index (Phi) is 5.78. The monoisotopic (exact) mass is 182 g/mol. The second kappa shape index (κ2) is 3.35. The van der Waals surface area contributed by atoms with Gasteiger partial charge in [-0.2, -0.15) is 0 Å². The molecule has 0 spiro atoms. The van der Waals surface area contributed by atoms with E-state index in [9.17, 15) is 0 Å². The molecule has 0 N–H and O–H groups in total. The quantitative estimate of drug-likeness (QED) is 0.406. The maximum atomic E-state index is 4.97. The molecule has 0 aromatic rings. The van der Waals surface area contributed by atoms with Gasteiger partial charge in [-0.15, -0.1) is 44.3 Å². The Morgan fingerprint density at radius 3 is 0.833 bits per heavy atom. The summed E-state index contributed by atoms with van der Waals surface area (Å²) in [6, 6.07) is 0. The molecule has 0 unspecified atom stereocenters. The molecule has 0 aliphatic carbocycles. The van der Waals surface area contributed by atoms with Gasteiger partial charge in [0.15, 0.2) is 0 Å². The van der Waals surface area contributed by atoms with Gasteiger partial charge in [-0.25, -0.2) is 0 Å². The molecule has 0 aliphatic heterocycles. The molecule has 0 fully saturated rings. The molecule has 3 radical (unpaired) electrons. The van der Waals surface area contributed by atoms with Gasteiger partial charge in [0.1, 0.15) is 0 Å². The van der Waals surface area contributed by atoms with Crippen LogP contribution in [0.3, 0.4) is 0 Å². The predicted molar refractivity (Wildman–Crippen MR) is 31.3 cm³/mol. The zero-order chi connectivity index (χ0) is 4.50. The van der Waals surface area contributed by atoms with Gasteiger partial charge in [-0.1, -0.05) is 0 Å². The summed E-state index contributed by atoms with van der Waals surface area (Å²) in [6.45, 7) is 0. The van der Waals surface area contributed by atoms with E-state index in [4.69, 9.17) is 44.3 Å². The molecule has 0 saturated heterocycles. The second-order valence-electron chi connectivity index (χ2n) is 0.429. The number of nitrogens with zero attached hydrogens (tertiary/aromatic N) is 1.